The third-order valence-corrected chi connectivity index (χ3v) is 16.5. The predicted molar refractivity (Wildman–Crippen MR) is 326 cm³/mol. The van der Waals surface area contributed by atoms with Crippen molar-refractivity contribution in [1.29, 1.82) is 0 Å². The minimum Gasteiger partial charge on any atom is -0.462 e. The number of hydrogen-bond donors (Lipinski definition) is 3. The molecule has 19 heteroatoms. The Morgan fingerprint density at radius 1 is 0.390 bits per heavy atom. The fraction of sp³-hybridized carbons (Fsp3) is 0.873. The molecular weight excluding hydrogens is 1090 g/mol. The highest BCUT2D eigenvalue weighted by atomic mass is 31.2. The summed E-state index contributed by atoms with van der Waals surface area (Å²) in [6.07, 6.45) is 40.0. The highest BCUT2D eigenvalue weighted by Crippen LogP contribution is 2.45. The molecule has 0 bridgehead atoms. The highest BCUT2D eigenvalue weighted by Gasteiger charge is 2.30. The van der Waals surface area contributed by atoms with E-state index in [4.69, 9.17) is 37.0 Å². The summed E-state index contributed by atoms with van der Waals surface area (Å²) in [5, 5.41) is 10.5. The van der Waals surface area contributed by atoms with E-state index in [1.165, 1.54) is 70.6 Å². The summed E-state index contributed by atoms with van der Waals surface area (Å²) < 4.78 is 67.8. The SMILES string of the molecule is CCCCCC/C=C\C=C/CCCCCCCC(=O)O[C@H](COC(=O)CCCCCCCCC(C)CC)COP(=O)(O)OC[C@@H](O)COP(=O)(O)OC[C@@H](COC(=O)CCCCCCCCC)OC(=O)CCCCCCCCC(C)CC. The van der Waals surface area contributed by atoms with Crippen LogP contribution in [0.25, 0.3) is 0 Å². The first-order valence-corrected chi connectivity index (χ1v) is 35.4. The molecule has 0 aliphatic rings. The molecule has 0 fully saturated rings. The van der Waals surface area contributed by atoms with E-state index in [0.29, 0.717) is 25.7 Å². The summed E-state index contributed by atoms with van der Waals surface area (Å²) in [6.45, 7) is 9.28. The smallest absolute Gasteiger partial charge is 0.462 e. The van der Waals surface area contributed by atoms with Crippen LogP contribution >= 0.6 is 15.6 Å². The molecule has 0 amide bonds. The maximum atomic E-state index is 13.0. The van der Waals surface area contributed by atoms with E-state index in [0.717, 1.165) is 134 Å². The number of rotatable bonds is 60. The molecule has 0 radical (unpaired) electrons. The van der Waals surface area contributed by atoms with E-state index < -0.39 is 97.5 Å². The van der Waals surface area contributed by atoms with Gasteiger partial charge in [0.05, 0.1) is 26.4 Å². The minimum atomic E-state index is -4.95. The van der Waals surface area contributed by atoms with Gasteiger partial charge < -0.3 is 33.8 Å². The van der Waals surface area contributed by atoms with Crippen LogP contribution in [0.3, 0.4) is 0 Å². The Morgan fingerprint density at radius 2 is 0.683 bits per heavy atom. The van der Waals surface area contributed by atoms with E-state index in [1.807, 2.05) is 0 Å². The Bertz CT molecular complexity index is 1710. The van der Waals surface area contributed by atoms with Crippen LogP contribution in [0.1, 0.15) is 286 Å². The van der Waals surface area contributed by atoms with Gasteiger partial charge >= 0.3 is 39.5 Å². The zero-order valence-corrected chi connectivity index (χ0v) is 54.0. The van der Waals surface area contributed by atoms with Crippen LogP contribution in [0.2, 0.25) is 0 Å². The van der Waals surface area contributed by atoms with Gasteiger partial charge in [0.25, 0.3) is 0 Å². The van der Waals surface area contributed by atoms with E-state index in [-0.39, 0.29) is 25.7 Å². The lowest BCUT2D eigenvalue weighted by Gasteiger charge is -2.21. The van der Waals surface area contributed by atoms with Crippen LogP contribution in [0.4, 0.5) is 0 Å². The first kappa shape index (κ1) is 79.5. The number of allylic oxidation sites excluding steroid dienone is 4. The molecule has 7 atom stereocenters. The lowest BCUT2D eigenvalue weighted by molar-refractivity contribution is -0.161. The van der Waals surface area contributed by atoms with Crippen LogP contribution in [0.15, 0.2) is 24.3 Å². The number of carbonyl (C=O) groups is 4. The van der Waals surface area contributed by atoms with Gasteiger partial charge in [-0.2, -0.15) is 0 Å². The van der Waals surface area contributed by atoms with Crippen molar-refractivity contribution in [1.82, 2.24) is 0 Å². The van der Waals surface area contributed by atoms with E-state index in [9.17, 15) is 43.2 Å². The number of aliphatic hydroxyl groups is 1. The van der Waals surface area contributed by atoms with Gasteiger partial charge in [0.1, 0.15) is 19.3 Å². The van der Waals surface area contributed by atoms with E-state index in [1.54, 1.807) is 0 Å². The fourth-order valence-corrected chi connectivity index (χ4v) is 10.3. The Morgan fingerprint density at radius 3 is 1.04 bits per heavy atom. The summed E-state index contributed by atoms with van der Waals surface area (Å²) in [7, 11) is -9.89. The van der Waals surface area contributed by atoms with Gasteiger partial charge in [-0.3, -0.25) is 37.3 Å². The monoisotopic (exact) mass is 1210 g/mol. The molecule has 0 rings (SSSR count). The number of phosphoric acid groups is 2. The average Bonchev–Trinajstić information content (AvgIpc) is 3.48. The molecule has 0 heterocycles. The second-order valence-corrected chi connectivity index (χ2v) is 25.5. The van der Waals surface area contributed by atoms with Crippen LogP contribution in [-0.4, -0.2) is 96.7 Å². The number of ether oxygens (including phenoxy) is 4. The summed E-state index contributed by atoms with van der Waals surface area (Å²) in [5.74, 6) is -0.728. The largest absolute Gasteiger partial charge is 0.472 e. The predicted octanol–water partition coefficient (Wildman–Crippen LogP) is 16.8. The second kappa shape index (κ2) is 55.1. The summed E-state index contributed by atoms with van der Waals surface area (Å²) in [5.41, 5.74) is 0. The van der Waals surface area contributed by atoms with Crippen molar-refractivity contribution in [3.63, 3.8) is 0 Å². The Balaban J connectivity index is 5.26. The molecule has 17 nitrogen and oxygen atoms in total. The molecule has 0 saturated heterocycles. The number of esters is 4. The van der Waals surface area contributed by atoms with Crippen molar-refractivity contribution < 1.29 is 80.2 Å². The number of unbranched alkanes of at least 4 members (excludes halogenated alkanes) is 25. The number of phosphoric ester groups is 2. The highest BCUT2D eigenvalue weighted by molar-refractivity contribution is 7.47. The minimum absolute atomic E-state index is 0.0836. The van der Waals surface area contributed by atoms with Gasteiger partial charge in [-0.15, -0.1) is 0 Å². The zero-order chi connectivity index (χ0) is 60.8. The fourth-order valence-electron chi connectivity index (χ4n) is 8.75. The van der Waals surface area contributed by atoms with Crippen molar-refractivity contribution in [3.8, 4) is 0 Å². The Kier molecular flexibility index (Phi) is 53.5. The topological polar surface area (TPSA) is 237 Å². The maximum Gasteiger partial charge on any atom is 0.472 e. The van der Waals surface area contributed by atoms with Crippen molar-refractivity contribution in [3.05, 3.63) is 24.3 Å². The third kappa shape index (κ3) is 54.2. The molecule has 0 aromatic carbocycles. The quantitative estimate of drug-likeness (QED) is 0.0169. The number of hydrogen-bond acceptors (Lipinski definition) is 15. The molecule has 0 aromatic rings. The lowest BCUT2D eigenvalue weighted by Crippen LogP contribution is -2.30. The van der Waals surface area contributed by atoms with Crippen LogP contribution in [0.5, 0.6) is 0 Å². The molecule has 482 valence electrons. The van der Waals surface area contributed by atoms with Crippen molar-refractivity contribution in [2.75, 3.05) is 39.6 Å². The normalized spacial score (nSPS) is 15.2. The summed E-state index contributed by atoms with van der Waals surface area (Å²) >= 11 is 0. The molecular formula is C63H118O17P2. The van der Waals surface area contributed by atoms with Crippen LogP contribution in [-0.2, 0) is 65.4 Å². The summed E-state index contributed by atoms with van der Waals surface area (Å²) in [4.78, 5) is 72.0. The van der Waals surface area contributed by atoms with Gasteiger partial charge in [-0.05, 0) is 63.2 Å². The number of aliphatic hydroxyl groups excluding tert-OH is 1. The van der Waals surface area contributed by atoms with Gasteiger partial charge in [0, 0.05) is 25.7 Å². The van der Waals surface area contributed by atoms with Crippen molar-refractivity contribution >= 4 is 39.5 Å². The lowest BCUT2D eigenvalue weighted by atomic mass is 10.00. The molecule has 0 aliphatic heterocycles. The third-order valence-electron chi connectivity index (χ3n) is 14.6. The Labute approximate surface area is 497 Å². The zero-order valence-electron chi connectivity index (χ0n) is 52.3. The molecule has 0 aromatic heterocycles. The molecule has 0 saturated carbocycles. The van der Waals surface area contributed by atoms with Gasteiger partial charge in [-0.1, -0.05) is 233 Å². The first-order valence-electron chi connectivity index (χ1n) is 32.4. The standard InChI is InChI=1S/C63H118O17P2/c1-7-11-13-15-17-18-19-20-21-22-23-24-26-35-41-47-62(67)79-58(52-74-61(66)46-40-34-29-27-31-37-43-55(5)9-3)53-77-81(69,70)75-49-57(64)50-76-82(71,72)78-54-59(51-73-60(65)45-39-33-25-16-14-12-8-2)80-63(68)48-42-36-30-28-32-38-44-56(6)10-4/h18-21,55-59,64H,7-17,22-54H2,1-6H3,(H,69,70)(H,71,72)/b19-18-,21-20-/t55?,56?,57-,58-,59-/m1/s1. The van der Waals surface area contributed by atoms with Crippen molar-refractivity contribution in [2.24, 2.45) is 11.8 Å². The van der Waals surface area contributed by atoms with Crippen LogP contribution < -0.4 is 0 Å². The van der Waals surface area contributed by atoms with Crippen LogP contribution in [0, 0.1) is 11.8 Å². The molecule has 82 heavy (non-hydrogen) atoms. The van der Waals surface area contributed by atoms with E-state index >= 15 is 0 Å². The summed E-state index contributed by atoms with van der Waals surface area (Å²) in [6, 6.07) is 0. The van der Waals surface area contributed by atoms with Crippen molar-refractivity contribution in [2.45, 2.75) is 304 Å². The molecule has 4 unspecified atom stereocenters. The molecule has 0 aliphatic carbocycles. The number of carbonyl (C=O) groups excluding carboxylic acids is 4. The molecule has 3 N–H and O–H groups in total. The molecule has 0 spiro atoms. The Hall–Kier alpha value is -2.46. The van der Waals surface area contributed by atoms with E-state index in [2.05, 4.69) is 65.8 Å². The van der Waals surface area contributed by atoms with Gasteiger partial charge in [0.15, 0.2) is 12.2 Å². The van der Waals surface area contributed by atoms with Gasteiger partial charge in [-0.25, -0.2) is 9.13 Å². The first-order chi connectivity index (χ1) is 39.4. The average molecular weight is 1210 g/mol. The second-order valence-electron chi connectivity index (χ2n) is 22.6. The van der Waals surface area contributed by atoms with Gasteiger partial charge in [0.2, 0.25) is 0 Å². The maximum absolute atomic E-state index is 13.0.